The molecule has 8 heteroatoms. The number of hydrogen-bond acceptors (Lipinski definition) is 4. The van der Waals surface area contributed by atoms with Crippen LogP contribution in [0.4, 0.5) is 18.9 Å². The lowest BCUT2D eigenvalue weighted by molar-refractivity contribution is -0.105. The summed E-state index contributed by atoms with van der Waals surface area (Å²) in [6.07, 6.45) is -1.62. The molecule has 0 saturated carbocycles. The molecular formula is C14H12F3N3OS. The fraction of sp³-hybridized carbons (Fsp3) is 0.214. The van der Waals surface area contributed by atoms with E-state index in [1.807, 2.05) is 0 Å². The molecule has 116 valence electrons. The molecule has 2 rings (SSSR count). The number of nitrogens with zero attached hydrogens (tertiary/aromatic N) is 2. The molecular weight excluding hydrogens is 315 g/mol. The summed E-state index contributed by atoms with van der Waals surface area (Å²) < 4.78 is 37.1. The van der Waals surface area contributed by atoms with E-state index >= 15 is 0 Å². The van der Waals surface area contributed by atoms with Crippen molar-refractivity contribution in [1.29, 1.82) is 0 Å². The van der Waals surface area contributed by atoms with Gasteiger partial charge in [0.15, 0.2) is 0 Å². The van der Waals surface area contributed by atoms with Crippen molar-refractivity contribution < 1.29 is 18.0 Å². The second kappa shape index (κ2) is 6.78. The molecule has 22 heavy (non-hydrogen) atoms. The van der Waals surface area contributed by atoms with Crippen molar-refractivity contribution in [1.82, 2.24) is 10.2 Å². The van der Waals surface area contributed by atoms with Crippen LogP contribution in [0.25, 0.3) is 0 Å². The SMILES string of the molecule is Cc1ccc(SCC(F)(F)F)c(NC(=O)c2ccnnc2)c1. The van der Waals surface area contributed by atoms with Gasteiger partial charge < -0.3 is 5.32 Å². The van der Waals surface area contributed by atoms with Gasteiger partial charge in [-0.05, 0) is 30.7 Å². The zero-order chi connectivity index (χ0) is 16.2. The molecule has 0 unspecified atom stereocenters. The number of benzene rings is 1. The third-order valence-corrected chi connectivity index (χ3v) is 3.76. The summed E-state index contributed by atoms with van der Waals surface area (Å²) in [5.74, 6) is -1.47. The highest BCUT2D eigenvalue weighted by atomic mass is 32.2. The van der Waals surface area contributed by atoms with Gasteiger partial charge in [-0.2, -0.15) is 23.4 Å². The Labute approximate surface area is 129 Å². The van der Waals surface area contributed by atoms with Gasteiger partial charge in [-0.15, -0.1) is 11.8 Å². The lowest BCUT2D eigenvalue weighted by atomic mass is 10.2. The quantitative estimate of drug-likeness (QED) is 0.870. The van der Waals surface area contributed by atoms with E-state index in [2.05, 4.69) is 15.5 Å². The van der Waals surface area contributed by atoms with E-state index < -0.39 is 17.8 Å². The highest BCUT2D eigenvalue weighted by Crippen LogP contribution is 2.33. The molecule has 1 aromatic carbocycles. The summed E-state index contributed by atoms with van der Waals surface area (Å²) in [6, 6.07) is 6.36. The third-order valence-electron chi connectivity index (χ3n) is 2.62. The van der Waals surface area contributed by atoms with Crippen molar-refractivity contribution in [3.8, 4) is 0 Å². The van der Waals surface area contributed by atoms with Crippen molar-refractivity contribution in [2.45, 2.75) is 18.0 Å². The lowest BCUT2D eigenvalue weighted by Crippen LogP contribution is -2.14. The molecule has 0 saturated heterocycles. The molecule has 2 aromatic rings. The van der Waals surface area contributed by atoms with E-state index in [1.165, 1.54) is 18.5 Å². The number of nitrogens with one attached hydrogen (secondary N) is 1. The molecule has 1 amide bonds. The number of rotatable bonds is 4. The molecule has 0 spiro atoms. The second-order valence-electron chi connectivity index (χ2n) is 4.49. The monoisotopic (exact) mass is 327 g/mol. The number of hydrogen-bond donors (Lipinski definition) is 1. The lowest BCUT2D eigenvalue weighted by Gasteiger charge is -2.13. The molecule has 1 N–H and O–H groups in total. The highest BCUT2D eigenvalue weighted by molar-refractivity contribution is 7.99. The van der Waals surface area contributed by atoms with Crippen LogP contribution in [0.1, 0.15) is 15.9 Å². The number of carbonyl (C=O) groups is 1. The standard InChI is InChI=1S/C14H12F3N3OS/c1-9-2-3-12(22-8-14(15,16)17)11(6-9)20-13(21)10-4-5-18-19-7-10/h2-7H,8H2,1H3,(H,20,21). The predicted octanol–water partition coefficient (Wildman–Crippen LogP) is 3.69. The smallest absolute Gasteiger partial charge is 0.321 e. The Hall–Kier alpha value is -2.09. The molecule has 0 fully saturated rings. The number of alkyl halides is 3. The Morgan fingerprint density at radius 3 is 2.68 bits per heavy atom. The Balaban J connectivity index is 2.18. The Kier molecular flexibility index (Phi) is 5.02. The Bertz CT molecular complexity index is 662. The van der Waals surface area contributed by atoms with Gasteiger partial charge in [-0.3, -0.25) is 4.79 Å². The molecule has 0 bridgehead atoms. The molecule has 1 heterocycles. The van der Waals surface area contributed by atoms with Crippen molar-refractivity contribution >= 4 is 23.4 Å². The maximum atomic E-state index is 12.4. The van der Waals surface area contributed by atoms with Gasteiger partial charge in [0.25, 0.3) is 5.91 Å². The van der Waals surface area contributed by atoms with Crippen LogP contribution in [0.15, 0.2) is 41.6 Å². The molecule has 0 radical (unpaired) electrons. The number of aryl methyl sites for hydroxylation is 1. The van der Waals surface area contributed by atoms with Gasteiger partial charge in [0.1, 0.15) is 0 Å². The summed E-state index contributed by atoms with van der Waals surface area (Å²) in [5.41, 5.74) is 1.46. The third kappa shape index (κ3) is 4.73. The molecule has 0 aliphatic rings. The van der Waals surface area contributed by atoms with Crippen LogP contribution in [-0.2, 0) is 0 Å². The van der Waals surface area contributed by atoms with E-state index in [4.69, 9.17) is 0 Å². The number of anilines is 1. The first kappa shape index (κ1) is 16.3. The van der Waals surface area contributed by atoms with E-state index in [9.17, 15) is 18.0 Å². The predicted molar refractivity (Wildman–Crippen MR) is 77.9 cm³/mol. The van der Waals surface area contributed by atoms with Crippen molar-refractivity contribution in [2.75, 3.05) is 11.1 Å². The minimum absolute atomic E-state index is 0.281. The molecule has 1 aromatic heterocycles. The van der Waals surface area contributed by atoms with Crippen LogP contribution in [0, 0.1) is 6.92 Å². The van der Waals surface area contributed by atoms with E-state index in [1.54, 1.807) is 25.1 Å². The van der Waals surface area contributed by atoms with Gasteiger partial charge in [-0.25, -0.2) is 0 Å². The first-order valence-corrected chi connectivity index (χ1v) is 7.22. The fourth-order valence-electron chi connectivity index (χ4n) is 1.65. The molecule has 4 nitrogen and oxygen atoms in total. The summed E-state index contributed by atoms with van der Waals surface area (Å²) >= 11 is 0.632. The van der Waals surface area contributed by atoms with Crippen LogP contribution < -0.4 is 5.32 Å². The number of aromatic nitrogens is 2. The first-order valence-electron chi connectivity index (χ1n) is 6.23. The van der Waals surface area contributed by atoms with Crippen LogP contribution >= 0.6 is 11.8 Å². The number of halogens is 3. The number of thioether (sulfide) groups is 1. The van der Waals surface area contributed by atoms with Crippen molar-refractivity contribution in [2.24, 2.45) is 0 Å². The van der Waals surface area contributed by atoms with Crippen LogP contribution in [0.3, 0.4) is 0 Å². The van der Waals surface area contributed by atoms with E-state index in [0.717, 1.165) is 5.56 Å². The van der Waals surface area contributed by atoms with E-state index in [0.29, 0.717) is 22.3 Å². The van der Waals surface area contributed by atoms with Gasteiger partial charge in [0, 0.05) is 4.90 Å². The zero-order valence-electron chi connectivity index (χ0n) is 11.5. The minimum atomic E-state index is -4.27. The summed E-state index contributed by atoms with van der Waals surface area (Å²) in [7, 11) is 0. The first-order chi connectivity index (χ1) is 10.3. The number of carbonyl (C=O) groups excluding carboxylic acids is 1. The van der Waals surface area contributed by atoms with Gasteiger partial charge in [0.2, 0.25) is 0 Å². The fourth-order valence-corrected chi connectivity index (χ4v) is 2.40. The maximum Gasteiger partial charge on any atom is 0.398 e. The Morgan fingerprint density at radius 1 is 1.27 bits per heavy atom. The average molecular weight is 327 g/mol. The zero-order valence-corrected chi connectivity index (χ0v) is 12.3. The average Bonchev–Trinajstić information content (AvgIpc) is 2.46. The van der Waals surface area contributed by atoms with Crippen LogP contribution in [-0.4, -0.2) is 28.0 Å². The van der Waals surface area contributed by atoms with Gasteiger partial charge >= 0.3 is 6.18 Å². The largest absolute Gasteiger partial charge is 0.398 e. The molecule has 0 aliphatic carbocycles. The number of amides is 1. The summed E-state index contributed by atoms with van der Waals surface area (Å²) in [6.45, 7) is 1.79. The van der Waals surface area contributed by atoms with Crippen LogP contribution in [0.2, 0.25) is 0 Å². The molecule has 0 atom stereocenters. The Morgan fingerprint density at radius 2 is 2.05 bits per heavy atom. The summed E-state index contributed by atoms with van der Waals surface area (Å²) in [5, 5.41) is 9.76. The van der Waals surface area contributed by atoms with Crippen molar-refractivity contribution in [3.63, 3.8) is 0 Å². The van der Waals surface area contributed by atoms with E-state index in [-0.39, 0.29) is 5.56 Å². The van der Waals surface area contributed by atoms with Crippen LogP contribution in [0.5, 0.6) is 0 Å². The normalized spacial score (nSPS) is 11.3. The second-order valence-corrected chi connectivity index (χ2v) is 5.51. The topological polar surface area (TPSA) is 54.9 Å². The van der Waals surface area contributed by atoms with Gasteiger partial charge in [-0.1, -0.05) is 6.07 Å². The summed E-state index contributed by atoms with van der Waals surface area (Å²) in [4.78, 5) is 12.4. The maximum absolute atomic E-state index is 12.4. The highest BCUT2D eigenvalue weighted by Gasteiger charge is 2.27. The van der Waals surface area contributed by atoms with Crippen molar-refractivity contribution in [3.05, 3.63) is 47.8 Å². The molecule has 0 aliphatic heterocycles. The minimum Gasteiger partial charge on any atom is -0.321 e. The van der Waals surface area contributed by atoms with Gasteiger partial charge in [0.05, 0.1) is 29.4 Å².